The lowest BCUT2D eigenvalue weighted by Crippen LogP contribution is -2.29. The summed E-state index contributed by atoms with van der Waals surface area (Å²) in [6.07, 6.45) is 1.40. The SMILES string of the molecule is CCOc1ccccc1S(=O)(=O)N1CCC(Cc2nn[nH]n2)C1. The average molecular weight is 337 g/mol. The highest BCUT2D eigenvalue weighted by Crippen LogP contribution is 2.30. The van der Waals surface area contributed by atoms with Gasteiger partial charge in [-0.15, -0.1) is 10.2 Å². The highest BCUT2D eigenvalue weighted by atomic mass is 32.2. The number of nitrogens with one attached hydrogen (secondary N) is 1. The minimum Gasteiger partial charge on any atom is -0.492 e. The molecule has 3 rings (SSSR count). The van der Waals surface area contributed by atoms with Gasteiger partial charge in [0.15, 0.2) is 5.82 Å². The Balaban J connectivity index is 1.76. The summed E-state index contributed by atoms with van der Waals surface area (Å²) >= 11 is 0. The molecule has 9 heteroatoms. The summed E-state index contributed by atoms with van der Waals surface area (Å²) < 4.78 is 32.7. The summed E-state index contributed by atoms with van der Waals surface area (Å²) in [5.74, 6) is 1.21. The van der Waals surface area contributed by atoms with Gasteiger partial charge in [0.1, 0.15) is 10.6 Å². The number of hydrogen-bond acceptors (Lipinski definition) is 6. The largest absolute Gasteiger partial charge is 0.492 e. The number of tetrazole rings is 1. The van der Waals surface area contributed by atoms with Gasteiger partial charge in [-0.3, -0.25) is 0 Å². The minimum atomic E-state index is -3.56. The van der Waals surface area contributed by atoms with Gasteiger partial charge in [-0.05, 0) is 31.4 Å². The molecule has 1 aromatic carbocycles. The molecule has 2 heterocycles. The lowest BCUT2D eigenvalue weighted by molar-refractivity contribution is 0.329. The number of H-pyrrole nitrogens is 1. The van der Waals surface area contributed by atoms with E-state index in [1.165, 1.54) is 4.31 Å². The van der Waals surface area contributed by atoms with Crippen LogP contribution >= 0.6 is 0 Å². The maximum absolute atomic E-state index is 12.9. The molecule has 1 atom stereocenters. The van der Waals surface area contributed by atoms with Crippen molar-refractivity contribution in [3.8, 4) is 5.75 Å². The Kier molecular flexibility index (Phi) is 4.58. The zero-order valence-electron chi connectivity index (χ0n) is 12.8. The first-order valence-corrected chi connectivity index (χ1v) is 8.99. The molecular formula is C14H19N5O3S. The fraction of sp³-hybridized carbons (Fsp3) is 0.500. The van der Waals surface area contributed by atoms with Crippen LogP contribution in [0.25, 0.3) is 0 Å². The molecule has 1 fully saturated rings. The second-order valence-corrected chi connectivity index (χ2v) is 7.34. The van der Waals surface area contributed by atoms with Crippen molar-refractivity contribution in [1.29, 1.82) is 0 Å². The number of ether oxygens (including phenoxy) is 1. The van der Waals surface area contributed by atoms with E-state index in [9.17, 15) is 8.42 Å². The predicted molar refractivity (Wildman–Crippen MR) is 82.4 cm³/mol. The first kappa shape index (κ1) is 15.9. The fourth-order valence-corrected chi connectivity index (χ4v) is 4.45. The molecule has 0 saturated carbocycles. The number of nitrogens with zero attached hydrogens (tertiary/aromatic N) is 4. The molecule has 0 spiro atoms. The highest BCUT2D eigenvalue weighted by Gasteiger charge is 2.34. The van der Waals surface area contributed by atoms with Gasteiger partial charge in [0.2, 0.25) is 10.0 Å². The van der Waals surface area contributed by atoms with E-state index in [1.807, 2.05) is 6.92 Å². The van der Waals surface area contributed by atoms with E-state index in [4.69, 9.17) is 4.74 Å². The van der Waals surface area contributed by atoms with Crippen molar-refractivity contribution in [1.82, 2.24) is 24.9 Å². The Morgan fingerprint density at radius 1 is 1.39 bits per heavy atom. The monoisotopic (exact) mass is 337 g/mol. The molecule has 124 valence electrons. The minimum absolute atomic E-state index is 0.196. The van der Waals surface area contributed by atoms with Crippen molar-refractivity contribution in [3.63, 3.8) is 0 Å². The van der Waals surface area contributed by atoms with Crippen LogP contribution < -0.4 is 4.74 Å². The molecule has 0 aliphatic carbocycles. The Bertz CT molecular complexity index is 748. The summed E-state index contributed by atoms with van der Waals surface area (Å²) in [6.45, 7) is 3.20. The summed E-state index contributed by atoms with van der Waals surface area (Å²) in [6, 6.07) is 6.76. The van der Waals surface area contributed by atoms with E-state index in [-0.39, 0.29) is 10.8 Å². The molecule has 23 heavy (non-hydrogen) atoms. The van der Waals surface area contributed by atoms with E-state index in [2.05, 4.69) is 20.6 Å². The molecule has 1 aliphatic heterocycles. The molecule has 0 amide bonds. The maximum atomic E-state index is 12.9. The lowest BCUT2D eigenvalue weighted by atomic mass is 10.1. The van der Waals surface area contributed by atoms with Crippen molar-refractivity contribution in [2.45, 2.75) is 24.7 Å². The molecule has 0 bridgehead atoms. The molecule has 2 aromatic rings. The van der Waals surface area contributed by atoms with Crippen molar-refractivity contribution >= 4 is 10.0 Å². The number of para-hydroxylation sites is 1. The Labute approximate surface area is 134 Å². The quantitative estimate of drug-likeness (QED) is 0.838. The lowest BCUT2D eigenvalue weighted by Gasteiger charge is -2.18. The van der Waals surface area contributed by atoms with Crippen LogP contribution in [-0.4, -0.2) is 53.0 Å². The molecule has 1 aliphatic rings. The fourth-order valence-electron chi connectivity index (χ4n) is 2.79. The van der Waals surface area contributed by atoms with Crippen LogP contribution in [0.2, 0.25) is 0 Å². The first-order chi connectivity index (χ1) is 11.1. The molecule has 1 unspecified atom stereocenters. The standard InChI is InChI=1S/C14H19N5O3S/c1-2-22-12-5-3-4-6-13(12)23(20,21)19-8-7-11(10-19)9-14-15-17-18-16-14/h3-6,11H,2,7-10H2,1H3,(H,15,16,17,18). The summed E-state index contributed by atoms with van der Waals surface area (Å²) in [7, 11) is -3.56. The summed E-state index contributed by atoms with van der Waals surface area (Å²) in [5, 5.41) is 13.8. The topological polar surface area (TPSA) is 101 Å². The molecule has 1 N–H and O–H groups in total. The first-order valence-electron chi connectivity index (χ1n) is 7.55. The number of hydrogen-bond donors (Lipinski definition) is 1. The predicted octanol–water partition coefficient (Wildman–Crippen LogP) is 0.852. The van der Waals surface area contributed by atoms with Gasteiger partial charge in [0, 0.05) is 19.5 Å². The van der Waals surface area contributed by atoms with E-state index in [0.29, 0.717) is 37.7 Å². The zero-order valence-corrected chi connectivity index (χ0v) is 13.7. The van der Waals surface area contributed by atoms with Crippen LogP contribution in [0.5, 0.6) is 5.75 Å². The summed E-state index contributed by atoms with van der Waals surface area (Å²) in [5.41, 5.74) is 0. The molecule has 8 nitrogen and oxygen atoms in total. The Hall–Kier alpha value is -2.00. The smallest absolute Gasteiger partial charge is 0.246 e. The van der Waals surface area contributed by atoms with E-state index in [0.717, 1.165) is 6.42 Å². The van der Waals surface area contributed by atoms with Gasteiger partial charge in [0.25, 0.3) is 0 Å². The van der Waals surface area contributed by atoms with Crippen LogP contribution in [-0.2, 0) is 16.4 Å². The van der Waals surface area contributed by atoms with Crippen molar-refractivity contribution < 1.29 is 13.2 Å². The van der Waals surface area contributed by atoms with Crippen LogP contribution in [0, 0.1) is 5.92 Å². The number of aromatic nitrogens is 4. The van der Waals surface area contributed by atoms with Crippen LogP contribution in [0.1, 0.15) is 19.2 Å². The molecule has 0 radical (unpaired) electrons. The molecule has 1 saturated heterocycles. The van der Waals surface area contributed by atoms with Gasteiger partial charge >= 0.3 is 0 Å². The summed E-state index contributed by atoms with van der Waals surface area (Å²) in [4.78, 5) is 0.224. The number of aromatic amines is 1. The van der Waals surface area contributed by atoms with Gasteiger partial charge in [0.05, 0.1) is 6.61 Å². The third-order valence-corrected chi connectivity index (χ3v) is 5.78. The van der Waals surface area contributed by atoms with Gasteiger partial charge in [-0.1, -0.05) is 17.3 Å². The van der Waals surface area contributed by atoms with Crippen LogP contribution in [0.3, 0.4) is 0 Å². The molecular weight excluding hydrogens is 318 g/mol. The number of rotatable bonds is 6. The normalized spacial score (nSPS) is 19.1. The third kappa shape index (κ3) is 3.35. The highest BCUT2D eigenvalue weighted by molar-refractivity contribution is 7.89. The van der Waals surface area contributed by atoms with Crippen molar-refractivity contribution in [2.75, 3.05) is 19.7 Å². The van der Waals surface area contributed by atoms with Crippen LogP contribution in [0.4, 0.5) is 0 Å². The second kappa shape index (κ2) is 6.63. The average Bonchev–Trinajstić information content (AvgIpc) is 3.20. The van der Waals surface area contributed by atoms with Crippen molar-refractivity contribution in [3.05, 3.63) is 30.1 Å². The van der Waals surface area contributed by atoms with E-state index >= 15 is 0 Å². The zero-order chi connectivity index (χ0) is 16.3. The number of benzene rings is 1. The van der Waals surface area contributed by atoms with Gasteiger partial charge in [-0.2, -0.15) is 9.52 Å². The van der Waals surface area contributed by atoms with Crippen molar-refractivity contribution in [2.24, 2.45) is 5.92 Å². The Morgan fingerprint density at radius 2 is 2.22 bits per heavy atom. The second-order valence-electron chi connectivity index (χ2n) is 5.43. The van der Waals surface area contributed by atoms with E-state index < -0.39 is 10.0 Å². The van der Waals surface area contributed by atoms with Gasteiger partial charge < -0.3 is 4.74 Å². The van der Waals surface area contributed by atoms with Crippen LogP contribution in [0.15, 0.2) is 29.2 Å². The maximum Gasteiger partial charge on any atom is 0.246 e. The van der Waals surface area contributed by atoms with Gasteiger partial charge in [-0.25, -0.2) is 8.42 Å². The number of sulfonamides is 1. The third-order valence-electron chi connectivity index (χ3n) is 3.88. The Morgan fingerprint density at radius 3 is 2.96 bits per heavy atom. The molecule has 1 aromatic heterocycles. The van der Waals surface area contributed by atoms with E-state index in [1.54, 1.807) is 24.3 Å².